The van der Waals surface area contributed by atoms with E-state index in [0.29, 0.717) is 11.3 Å². The maximum absolute atomic E-state index is 8.33. The first kappa shape index (κ1) is 9.40. The molecule has 3 nitrogen and oxygen atoms in total. The third-order valence-electron chi connectivity index (χ3n) is 2.58. The van der Waals surface area contributed by atoms with E-state index in [2.05, 4.69) is 30.8 Å². The van der Waals surface area contributed by atoms with Crippen molar-refractivity contribution < 1.29 is 0 Å². The van der Waals surface area contributed by atoms with E-state index in [0.717, 1.165) is 12.8 Å². The summed E-state index contributed by atoms with van der Waals surface area (Å²) in [4.78, 5) is 2.88. The zero-order chi connectivity index (χ0) is 9.19. The van der Waals surface area contributed by atoms with Crippen molar-refractivity contribution in [3.63, 3.8) is 0 Å². The highest BCUT2D eigenvalue weighted by Crippen LogP contribution is 2.39. The summed E-state index contributed by atoms with van der Waals surface area (Å²) >= 11 is 0. The number of hydrogen-bond donors (Lipinski definition) is 0. The van der Waals surface area contributed by atoms with E-state index in [1.54, 1.807) is 0 Å². The van der Waals surface area contributed by atoms with Crippen LogP contribution in [-0.2, 0) is 0 Å². The predicted molar refractivity (Wildman–Crippen MR) is 49.7 cm³/mol. The highest BCUT2D eigenvalue weighted by Gasteiger charge is 2.31. The fourth-order valence-corrected chi connectivity index (χ4v) is 2.46. The van der Waals surface area contributed by atoms with Crippen LogP contribution in [0.15, 0.2) is 5.11 Å². The van der Waals surface area contributed by atoms with Crippen molar-refractivity contribution in [3.8, 4) is 0 Å². The first-order valence-electron chi connectivity index (χ1n) is 4.58. The molecule has 0 saturated heterocycles. The first-order chi connectivity index (χ1) is 5.53. The molecule has 0 amide bonds. The van der Waals surface area contributed by atoms with Crippen molar-refractivity contribution in [1.82, 2.24) is 0 Å². The Bertz CT molecular complexity index is 204. The summed E-state index contributed by atoms with van der Waals surface area (Å²) < 4.78 is 0. The molecule has 2 unspecified atom stereocenters. The van der Waals surface area contributed by atoms with E-state index in [1.165, 1.54) is 6.42 Å². The molecule has 3 heteroatoms. The number of nitrogens with zero attached hydrogens (tertiary/aromatic N) is 3. The van der Waals surface area contributed by atoms with E-state index in [4.69, 9.17) is 5.53 Å². The Morgan fingerprint density at radius 1 is 1.42 bits per heavy atom. The Kier molecular flexibility index (Phi) is 2.63. The van der Waals surface area contributed by atoms with E-state index < -0.39 is 0 Å². The molecule has 68 valence electrons. The van der Waals surface area contributed by atoms with Crippen LogP contribution in [0.25, 0.3) is 10.4 Å². The molecule has 12 heavy (non-hydrogen) atoms. The second-order valence-electron chi connectivity index (χ2n) is 4.77. The monoisotopic (exact) mass is 167 g/mol. The van der Waals surface area contributed by atoms with E-state index in [1.807, 2.05) is 0 Å². The molecule has 1 fully saturated rings. The minimum absolute atomic E-state index is 0.230. The maximum Gasteiger partial charge on any atom is 0.0381 e. The fourth-order valence-electron chi connectivity index (χ4n) is 2.46. The lowest BCUT2D eigenvalue weighted by Gasteiger charge is -2.37. The molecule has 1 saturated carbocycles. The van der Waals surface area contributed by atoms with Crippen molar-refractivity contribution in [2.75, 3.05) is 0 Å². The first-order valence-corrected chi connectivity index (χ1v) is 4.58. The molecule has 0 aromatic carbocycles. The minimum Gasteiger partial charge on any atom is -0.0906 e. The summed E-state index contributed by atoms with van der Waals surface area (Å²) in [5.74, 6) is 0.698. The standard InChI is InChI=1S/C9H17N3/c1-7-4-8(11-12-10)6-9(2,3)5-7/h7-8H,4-6H2,1-3H3. The summed E-state index contributed by atoms with van der Waals surface area (Å²) in [7, 11) is 0. The largest absolute Gasteiger partial charge is 0.0906 e. The van der Waals surface area contributed by atoms with Gasteiger partial charge in [0.1, 0.15) is 0 Å². The average Bonchev–Trinajstić information content (AvgIpc) is 1.82. The Morgan fingerprint density at radius 2 is 2.08 bits per heavy atom. The Hall–Kier alpha value is -0.690. The molecule has 0 radical (unpaired) electrons. The molecule has 1 rings (SSSR count). The van der Waals surface area contributed by atoms with Gasteiger partial charge in [-0.2, -0.15) is 0 Å². The van der Waals surface area contributed by atoms with Gasteiger partial charge in [0.25, 0.3) is 0 Å². The molecule has 0 aromatic heterocycles. The molecular weight excluding hydrogens is 150 g/mol. The third-order valence-corrected chi connectivity index (χ3v) is 2.58. The van der Waals surface area contributed by atoms with Crippen LogP contribution in [0.4, 0.5) is 0 Å². The Morgan fingerprint density at radius 3 is 2.58 bits per heavy atom. The third kappa shape index (κ3) is 2.42. The van der Waals surface area contributed by atoms with Crippen LogP contribution in [0.3, 0.4) is 0 Å². The predicted octanol–water partition coefficient (Wildman–Crippen LogP) is 3.51. The zero-order valence-corrected chi connectivity index (χ0v) is 8.12. The van der Waals surface area contributed by atoms with Crippen LogP contribution in [0.2, 0.25) is 0 Å². The van der Waals surface area contributed by atoms with Gasteiger partial charge in [0.2, 0.25) is 0 Å². The van der Waals surface area contributed by atoms with Crippen molar-refractivity contribution in [3.05, 3.63) is 10.4 Å². The number of azide groups is 1. The zero-order valence-electron chi connectivity index (χ0n) is 8.12. The van der Waals surface area contributed by atoms with Crippen molar-refractivity contribution in [1.29, 1.82) is 0 Å². The average molecular weight is 167 g/mol. The topological polar surface area (TPSA) is 48.8 Å². The summed E-state index contributed by atoms with van der Waals surface area (Å²) in [6.45, 7) is 6.74. The fraction of sp³-hybridized carbons (Fsp3) is 1.00. The molecule has 0 bridgehead atoms. The highest BCUT2D eigenvalue weighted by atomic mass is 15.1. The second kappa shape index (κ2) is 3.36. The summed E-state index contributed by atoms with van der Waals surface area (Å²) in [6, 6.07) is 0.230. The SMILES string of the molecule is CC1CC(N=[N+]=[N-])CC(C)(C)C1. The normalized spacial score (nSPS) is 33.9. The Balaban J connectivity index is 2.63. The van der Waals surface area contributed by atoms with Crippen LogP contribution in [-0.4, -0.2) is 6.04 Å². The molecule has 0 spiro atoms. The molecule has 1 aliphatic carbocycles. The molecule has 0 N–H and O–H groups in total. The molecule has 1 aliphatic rings. The Labute approximate surface area is 73.8 Å². The van der Waals surface area contributed by atoms with E-state index in [9.17, 15) is 0 Å². The van der Waals surface area contributed by atoms with Crippen LogP contribution in [0, 0.1) is 11.3 Å². The lowest BCUT2D eigenvalue weighted by Crippen LogP contribution is -2.29. The van der Waals surface area contributed by atoms with Crippen LogP contribution in [0.5, 0.6) is 0 Å². The van der Waals surface area contributed by atoms with Gasteiger partial charge in [-0.15, -0.1) is 0 Å². The summed E-state index contributed by atoms with van der Waals surface area (Å²) in [5.41, 5.74) is 8.69. The van der Waals surface area contributed by atoms with Gasteiger partial charge in [0.05, 0.1) is 0 Å². The van der Waals surface area contributed by atoms with Gasteiger partial charge in [-0.3, -0.25) is 0 Å². The lowest BCUT2D eigenvalue weighted by atomic mass is 9.71. The second-order valence-corrected chi connectivity index (χ2v) is 4.77. The van der Waals surface area contributed by atoms with Gasteiger partial charge in [-0.25, -0.2) is 0 Å². The summed E-state index contributed by atoms with van der Waals surface area (Å²) in [5, 5.41) is 3.81. The van der Waals surface area contributed by atoms with Crippen LogP contribution >= 0.6 is 0 Å². The molecule has 2 atom stereocenters. The van der Waals surface area contributed by atoms with Gasteiger partial charge in [0, 0.05) is 11.0 Å². The number of hydrogen-bond acceptors (Lipinski definition) is 1. The smallest absolute Gasteiger partial charge is 0.0381 e. The number of rotatable bonds is 1. The van der Waals surface area contributed by atoms with E-state index in [-0.39, 0.29) is 6.04 Å². The van der Waals surface area contributed by atoms with Crippen LogP contribution < -0.4 is 0 Å². The van der Waals surface area contributed by atoms with Gasteiger partial charge >= 0.3 is 0 Å². The van der Waals surface area contributed by atoms with Gasteiger partial charge < -0.3 is 0 Å². The summed E-state index contributed by atoms with van der Waals surface area (Å²) in [6.07, 6.45) is 3.36. The van der Waals surface area contributed by atoms with Crippen molar-refractivity contribution >= 4 is 0 Å². The molecule has 0 aliphatic heterocycles. The van der Waals surface area contributed by atoms with Gasteiger partial charge in [-0.1, -0.05) is 25.9 Å². The van der Waals surface area contributed by atoms with Crippen LogP contribution in [0.1, 0.15) is 40.0 Å². The quantitative estimate of drug-likeness (QED) is 0.326. The van der Waals surface area contributed by atoms with Crippen molar-refractivity contribution in [2.24, 2.45) is 16.4 Å². The van der Waals surface area contributed by atoms with Gasteiger partial charge in [-0.05, 0) is 36.1 Å². The molecule has 0 aromatic rings. The lowest BCUT2D eigenvalue weighted by molar-refractivity contribution is 0.170. The highest BCUT2D eigenvalue weighted by molar-refractivity contribution is 4.86. The molecular formula is C9H17N3. The van der Waals surface area contributed by atoms with E-state index >= 15 is 0 Å². The molecule has 0 heterocycles. The van der Waals surface area contributed by atoms with Gasteiger partial charge in [0.15, 0.2) is 0 Å². The minimum atomic E-state index is 0.230. The maximum atomic E-state index is 8.33. The van der Waals surface area contributed by atoms with Crippen molar-refractivity contribution in [2.45, 2.75) is 46.1 Å².